The van der Waals surface area contributed by atoms with Crippen LogP contribution in [0.2, 0.25) is 0 Å². The maximum absolute atomic E-state index is 12.5. The standard InChI is InChI=1S/C12H16F3NO/c1-7(2)11(8(3)17)10-6-9(4-5-16-10)12(13,14)15/h4-8,11,17H,1-3H3. The lowest BCUT2D eigenvalue weighted by Gasteiger charge is -2.23. The Hall–Kier alpha value is -1.10. The molecule has 2 nitrogen and oxygen atoms in total. The van der Waals surface area contributed by atoms with E-state index >= 15 is 0 Å². The summed E-state index contributed by atoms with van der Waals surface area (Å²) >= 11 is 0. The second-order valence-corrected chi connectivity index (χ2v) is 4.48. The Morgan fingerprint density at radius 3 is 2.24 bits per heavy atom. The molecule has 96 valence electrons. The molecule has 0 saturated carbocycles. The molecule has 1 rings (SSSR count). The zero-order valence-corrected chi connectivity index (χ0v) is 9.99. The second-order valence-electron chi connectivity index (χ2n) is 4.48. The summed E-state index contributed by atoms with van der Waals surface area (Å²) in [5.74, 6) is -0.372. The molecule has 0 aliphatic carbocycles. The van der Waals surface area contributed by atoms with Gasteiger partial charge in [0.25, 0.3) is 0 Å². The third-order valence-corrected chi connectivity index (χ3v) is 2.69. The van der Waals surface area contributed by atoms with Gasteiger partial charge in [-0.25, -0.2) is 0 Å². The van der Waals surface area contributed by atoms with E-state index in [4.69, 9.17) is 0 Å². The van der Waals surface area contributed by atoms with E-state index in [9.17, 15) is 18.3 Å². The third-order valence-electron chi connectivity index (χ3n) is 2.69. The van der Waals surface area contributed by atoms with E-state index in [-0.39, 0.29) is 11.6 Å². The van der Waals surface area contributed by atoms with E-state index in [0.29, 0.717) is 0 Å². The summed E-state index contributed by atoms with van der Waals surface area (Å²) in [6, 6.07) is 1.94. The van der Waals surface area contributed by atoms with Gasteiger partial charge in [0, 0.05) is 17.8 Å². The van der Waals surface area contributed by atoms with Gasteiger partial charge in [0.2, 0.25) is 0 Å². The minimum Gasteiger partial charge on any atom is -0.393 e. The zero-order valence-electron chi connectivity index (χ0n) is 9.99. The van der Waals surface area contributed by atoms with Crippen LogP contribution in [-0.2, 0) is 6.18 Å². The van der Waals surface area contributed by atoms with Crippen molar-refractivity contribution in [1.29, 1.82) is 0 Å². The topological polar surface area (TPSA) is 33.1 Å². The van der Waals surface area contributed by atoms with Crippen LogP contribution < -0.4 is 0 Å². The van der Waals surface area contributed by atoms with Gasteiger partial charge in [-0.2, -0.15) is 13.2 Å². The summed E-state index contributed by atoms with van der Waals surface area (Å²) in [7, 11) is 0. The van der Waals surface area contributed by atoms with Gasteiger partial charge < -0.3 is 5.11 Å². The van der Waals surface area contributed by atoms with Gasteiger partial charge in [-0.1, -0.05) is 13.8 Å². The molecule has 0 fully saturated rings. The van der Waals surface area contributed by atoms with Crippen LogP contribution in [0.25, 0.3) is 0 Å². The van der Waals surface area contributed by atoms with Gasteiger partial charge in [-0.05, 0) is 25.0 Å². The fraction of sp³-hybridized carbons (Fsp3) is 0.583. The average molecular weight is 247 g/mol. The Morgan fingerprint density at radius 2 is 1.82 bits per heavy atom. The highest BCUT2D eigenvalue weighted by Crippen LogP contribution is 2.33. The lowest BCUT2D eigenvalue weighted by atomic mass is 9.87. The number of halogens is 3. The Balaban J connectivity index is 3.14. The molecule has 0 amide bonds. The normalized spacial score (nSPS) is 16.0. The molecule has 1 N–H and O–H groups in total. The highest BCUT2D eigenvalue weighted by Gasteiger charge is 2.32. The molecule has 17 heavy (non-hydrogen) atoms. The molecule has 0 saturated heterocycles. The smallest absolute Gasteiger partial charge is 0.393 e. The van der Waals surface area contributed by atoms with Gasteiger partial charge in [-0.15, -0.1) is 0 Å². The summed E-state index contributed by atoms with van der Waals surface area (Å²) in [5, 5.41) is 9.61. The highest BCUT2D eigenvalue weighted by molar-refractivity contribution is 5.22. The molecule has 0 radical (unpaired) electrons. The van der Waals surface area contributed by atoms with E-state index in [2.05, 4.69) is 4.98 Å². The third kappa shape index (κ3) is 3.43. The predicted molar refractivity (Wildman–Crippen MR) is 58.5 cm³/mol. The van der Waals surface area contributed by atoms with Crippen molar-refractivity contribution >= 4 is 0 Å². The van der Waals surface area contributed by atoms with E-state index in [1.807, 2.05) is 13.8 Å². The number of alkyl halides is 3. The van der Waals surface area contributed by atoms with Gasteiger partial charge in [0.1, 0.15) is 0 Å². The van der Waals surface area contributed by atoms with E-state index < -0.39 is 23.8 Å². The second kappa shape index (κ2) is 5.04. The predicted octanol–water partition coefficient (Wildman–Crippen LogP) is 3.22. The molecule has 5 heteroatoms. The molecule has 0 aliphatic heterocycles. The number of aliphatic hydroxyl groups is 1. The van der Waals surface area contributed by atoms with Crippen LogP contribution in [-0.4, -0.2) is 16.2 Å². The lowest BCUT2D eigenvalue weighted by molar-refractivity contribution is -0.137. The van der Waals surface area contributed by atoms with Crippen LogP contribution in [0.5, 0.6) is 0 Å². The van der Waals surface area contributed by atoms with Crippen LogP contribution in [0.3, 0.4) is 0 Å². The first-order chi connectivity index (χ1) is 7.73. The minimum atomic E-state index is -4.38. The van der Waals surface area contributed by atoms with Crippen LogP contribution in [0.1, 0.15) is 37.9 Å². The van der Waals surface area contributed by atoms with Crippen molar-refractivity contribution < 1.29 is 18.3 Å². The summed E-state index contributed by atoms with van der Waals surface area (Å²) in [6.07, 6.45) is -3.97. The fourth-order valence-electron chi connectivity index (χ4n) is 1.95. The molecule has 0 spiro atoms. The molecular weight excluding hydrogens is 231 g/mol. The SMILES string of the molecule is CC(C)C(c1cc(C(F)(F)F)ccn1)C(C)O. The number of hydrogen-bond donors (Lipinski definition) is 1. The summed E-state index contributed by atoms with van der Waals surface area (Å²) in [6.45, 7) is 5.26. The van der Waals surface area contributed by atoms with E-state index in [1.165, 1.54) is 0 Å². The van der Waals surface area contributed by atoms with Crippen LogP contribution in [0.15, 0.2) is 18.3 Å². The Kier molecular flexibility index (Phi) is 4.14. The van der Waals surface area contributed by atoms with Gasteiger partial charge in [0.15, 0.2) is 0 Å². The minimum absolute atomic E-state index is 0.0194. The molecular formula is C12H16F3NO. The van der Waals surface area contributed by atoms with E-state index in [1.54, 1.807) is 6.92 Å². The maximum atomic E-state index is 12.5. The molecule has 0 aromatic carbocycles. The van der Waals surface area contributed by atoms with Crippen molar-refractivity contribution in [2.75, 3.05) is 0 Å². The van der Waals surface area contributed by atoms with Crippen molar-refractivity contribution in [2.24, 2.45) is 5.92 Å². The van der Waals surface area contributed by atoms with Crippen LogP contribution >= 0.6 is 0 Å². The summed E-state index contributed by atoms with van der Waals surface area (Å²) in [4.78, 5) is 3.94. The number of hydrogen-bond acceptors (Lipinski definition) is 2. The number of nitrogens with zero attached hydrogens (tertiary/aromatic N) is 1. The monoisotopic (exact) mass is 247 g/mol. The van der Waals surface area contributed by atoms with Crippen molar-refractivity contribution in [1.82, 2.24) is 4.98 Å². The van der Waals surface area contributed by atoms with Crippen molar-refractivity contribution in [3.63, 3.8) is 0 Å². The number of pyridine rings is 1. The summed E-state index contributed by atoms with van der Waals surface area (Å²) < 4.78 is 37.6. The molecule has 2 atom stereocenters. The Morgan fingerprint density at radius 1 is 1.24 bits per heavy atom. The number of aliphatic hydroxyl groups excluding tert-OH is 1. The highest BCUT2D eigenvalue weighted by atomic mass is 19.4. The van der Waals surface area contributed by atoms with Crippen molar-refractivity contribution in [3.05, 3.63) is 29.6 Å². The molecule has 1 heterocycles. The van der Waals surface area contributed by atoms with Gasteiger partial charge in [0.05, 0.1) is 11.7 Å². The Labute approximate surface area is 98.5 Å². The maximum Gasteiger partial charge on any atom is 0.416 e. The van der Waals surface area contributed by atoms with Crippen molar-refractivity contribution in [3.8, 4) is 0 Å². The van der Waals surface area contributed by atoms with Crippen LogP contribution in [0, 0.1) is 5.92 Å². The van der Waals surface area contributed by atoms with E-state index in [0.717, 1.165) is 18.3 Å². The molecule has 2 unspecified atom stereocenters. The molecule has 0 bridgehead atoms. The first-order valence-electron chi connectivity index (χ1n) is 5.44. The van der Waals surface area contributed by atoms with Crippen LogP contribution in [0.4, 0.5) is 13.2 Å². The summed E-state index contributed by atoms with van der Waals surface area (Å²) in [5.41, 5.74) is -0.446. The number of rotatable bonds is 3. The van der Waals surface area contributed by atoms with Gasteiger partial charge in [-0.3, -0.25) is 4.98 Å². The van der Waals surface area contributed by atoms with Crippen molar-refractivity contribution in [2.45, 2.75) is 39.0 Å². The first kappa shape index (κ1) is 14.0. The first-order valence-corrected chi connectivity index (χ1v) is 5.44. The average Bonchev–Trinajstić information content (AvgIpc) is 2.15. The number of aromatic nitrogens is 1. The molecule has 0 aliphatic rings. The fourth-order valence-corrected chi connectivity index (χ4v) is 1.95. The Bertz CT molecular complexity index is 366. The zero-order chi connectivity index (χ0) is 13.2. The molecule has 1 aromatic heterocycles. The quantitative estimate of drug-likeness (QED) is 0.889. The molecule has 1 aromatic rings. The van der Waals surface area contributed by atoms with Gasteiger partial charge >= 0.3 is 6.18 Å². The largest absolute Gasteiger partial charge is 0.416 e. The lowest BCUT2D eigenvalue weighted by Crippen LogP contribution is -2.22.